The number of aromatic amines is 1. The van der Waals surface area contributed by atoms with E-state index < -0.39 is 0 Å². The third-order valence-electron chi connectivity index (χ3n) is 2.91. The molecule has 0 radical (unpaired) electrons. The quantitative estimate of drug-likeness (QED) is 0.780. The molecule has 0 saturated heterocycles. The molecule has 2 heterocycles. The van der Waals surface area contributed by atoms with Crippen LogP contribution in [0.1, 0.15) is 31.8 Å². The van der Waals surface area contributed by atoms with E-state index in [2.05, 4.69) is 39.1 Å². The smallest absolute Gasteiger partial charge is 0.109 e. The second-order valence-electron chi connectivity index (χ2n) is 4.95. The summed E-state index contributed by atoms with van der Waals surface area (Å²) < 4.78 is 0. The second-order valence-corrected chi connectivity index (χ2v) is 4.95. The number of hydrogen-bond acceptors (Lipinski definition) is 4. The van der Waals surface area contributed by atoms with Crippen LogP contribution in [0.3, 0.4) is 0 Å². The molecule has 0 unspecified atom stereocenters. The van der Waals surface area contributed by atoms with E-state index >= 15 is 0 Å². The summed E-state index contributed by atoms with van der Waals surface area (Å²) in [5.41, 5.74) is 2.73. The van der Waals surface area contributed by atoms with Gasteiger partial charge in [0.2, 0.25) is 0 Å². The molecule has 2 rings (SSSR count). The van der Waals surface area contributed by atoms with Crippen molar-refractivity contribution in [2.24, 2.45) is 0 Å². The first kappa shape index (κ1) is 13.7. The van der Waals surface area contributed by atoms with E-state index in [1.165, 1.54) is 0 Å². The summed E-state index contributed by atoms with van der Waals surface area (Å²) in [5.74, 6) is 1.01. The van der Waals surface area contributed by atoms with Crippen molar-refractivity contribution in [2.75, 3.05) is 6.54 Å². The van der Waals surface area contributed by atoms with Gasteiger partial charge in [0.1, 0.15) is 11.5 Å². The van der Waals surface area contributed by atoms with Gasteiger partial charge in [-0.15, -0.1) is 0 Å². The van der Waals surface area contributed by atoms with Gasteiger partial charge in [-0.25, -0.2) is 4.98 Å². The number of nitrogens with one attached hydrogen (secondary N) is 2. The predicted molar refractivity (Wildman–Crippen MR) is 75.8 cm³/mol. The molecular weight excluding hydrogens is 238 g/mol. The number of aryl methyl sites for hydroxylation is 2. The van der Waals surface area contributed by atoms with Crippen LogP contribution < -0.4 is 5.32 Å². The van der Waals surface area contributed by atoms with Crippen molar-refractivity contribution in [3.63, 3.8) is 0 Å². The Hall–Kier alpha value is -1.75. The Bertz CT molecular complexity index is 518. The Morgan fingerprint density at radius 3 is 2.74 bits per heavy atom. The number of rotatable bonds is 6. The average Bonchev–Trinajstić information content (AvgIpc) is 2.83. The van der Waals surface area contributed by atoms with E-state index in [1.807, 2.05) is 13.1 Å². The molecule has 0 aliphatic rings. The molecule has 0 spiro atoms. The van der Waals surface area contributed by atoms with E-state index in [0.29, 0.717) is 6.04 Å². The SMILES string of the molecule is Cc1nccnc1-c1cnc(CCCNC(C)C)[nH]1. The predicted octanol–water partition coefficient (Wildman–Crippen LogP) is 2.11. The fourth-order valence-electron chi connectivity index (χ4n) is 1.93. The summed E-state index contributed by atoms with van der Waals surface area (Å²) in [5, 5.41) is 3.40. The molecule has 2 aromatic heterocycles. The van der Waals surface area contributed by atoms with Crippen LogP contribution in [0.4, 0.5) is 0 Å². The van der Waals surface area contributed by atoms with Gasteiger partial charge in [-0.1, -0.05) is 13.8 Å². The molecule has 0 aromatic carbocycles. The minimum atomic E-state index is 0.536. The van der Waals surface area contributed by atoms with Crippen molar-refractivity contribution in [2.45, 2.75) is 39.7 Å². The van der Waals surface area contributed by atoms with Gasteiger partial charge in [-0.2, -0.15) is 0 Å². The molecule has 0 fully saturated rings. The van der Waals surface area contributed by atoms with Crippen molar-refractivity contribution in [1.29, 1.82) is 0 Å². The number of hydrogen-bond donors (Lipinski definition) is 2. The van der Waals surface area contributed by atoms with Crippen molar-refractivity contribution in [3.05, 3.63) is 30.1 Å². The van der Waals surface area contributed by atoms with Crippen LogP contribution >= 0.6 is 0 Å². The molecule has 5 nitrogen and oxygen atoms in total. The Balaban J connectivity index is 1.94. The molecule has 0 amide bonds. The largest absolute Gasteiger partial charge is 0.341 e. The van der Waals surface area contributed by atoms with Crippen molar-refractivity contribution in [3.8, 4) is 11.4 Å². The minimum absolute atomic E-state index is 0.536. The zero-order chi connectivity index (χ0) is 13.7. The molecular formula is C14H21N5. The fourth-order valence-corrected chi connectivity index (χ4v) is 1.93. The highest BCUT2D eigenvalue weighted by Crippen LogP contribution is 2.16. The highest BCUT2D eigenvalue weighted by atomic mass is 14.9. The van der Waals surface area contributed by atoms with Gasteiger partial charge in [-0.05, 0) is 19.9 Å². The zero-order valence-corrected chi connectivity index (χ0v) is 11.8. The van der Waals surface area contributed by atoms with Crippen molar-refractivity contribution >= 4 is 0 Å². The van der Waals surface area contributed by atoms with Gasteiger partial charge < -0.3 is 10.3 Å². The van der Waals surface area contributed by atoms with Gasteiger partial charge in [0.05, 0.1) is 17.6 Å². The third kappa shape index (κ3) is 3.86. The van der Waals surface area contributed by atoms with Crippen LogP contribution in [0.25, 0.3) is 11.4 Å². The van der Waals surface area contributed by atoms with Crippen LogP contribution in [-0.4, -0.2) is 32.5 Å². The normalized spacial score (nSPS) is 11.2. The Morgan fingerprint density at radius 1 is 1.21 bits per heavy atom. The molecule has 0 saturated carbocycles. The molecule has 0 atom stereocenters. The Kier molecular flexibility index (Phi) is 4.63. The molecule has 19 heavy (non-hydrogen) atoms. The molecule has 0 aliphatic carbocycles. The van der Waals surface area contributed by atoms with Gasteiger partial charge in [0.25, 0.3) is 0 Å². The number of nitrogens with zero attached hydrogens (tertiary/aromatic N) is 3. The summed E-state index contributed by atoms with van der Waals surface area (Å²) in [6.07, 6.45) is 7.26. The first-order valence-electron chi connectivity index (χ1n) is 6.72. The molecule has 102 valence electrons. The highest BCUT2D eigenvalue weighted by Gasteiger charge is 2.07. The number of aromatic nitrogens is 4. The second kappa shape index (κ2) is 6.43. The van der Waals surface area contributed by atoms with E-state index in [0.717, 1.165) is 42.3 Å². The maximum atomic E-state index is 4.40. The standard InChI is InChI=1S/C14H21N5/c1-10(2)15-6-4-5-13-18-9-12(19-13)14-11(3)16-7-8-17-14/h7-10,15H,4-6H2,1-3H3,(H,18,19). The summed E-state index contributed by atoms with van der Waals surface area (Å²) >= 11 is 0. The molecule has 0 aliphatic heterocycles. The molecule has 2 N–H and O–H groups in total. The topological polar surface area (TPSA) is 66.5 Å². The number of imidazole rings is 1. The van der Waals surface area contributed by atoms with Crippen LogP contribution in [0, 0.1) is 6.92 Å². The highest BCUT2D eigenvalue weighted by molar-refractivity contribution is 5.55. The average molecular weight is 259 g/mol. The third-order valence-corrected chi connectivity index (χ3v) is 2.91. The van der Waals surface area contributed by atoms with Crippen molar-refractivity contribution in [1.82, 2.24) is 25.3 Å². The molecule has 2 aromatic rings. The first-order chi connectivity index (χ1) is 9.16. The lowest BCUT2D eigenvalue weighted by Crippen LogP contribution is -2.24. The van der Waals surface area contributed by atoms with Gasteiger partial charge >= 0.3 is 0 Å². The molecule has 0 bridgehead atoms. The van der Waals surface area contributed by atoms with Crippen LogP contribution in [0.15, 0.2) is 18.6 Å². The Morgan fingerprint density at radius 2 is 2.00 bits per heavy atom. The van der Waals surface area contributed by atoms with Crippen molar-refractivity contribution < 1.29 is 0 Å². The fraction of sp³-hybridized carbons (Fsp3) is 0.500. The monoisotopic (exact) mass is 259 g/mol. The van der Waals surface area contributed by atoms with Gasteiger partial charge in [-0.3, -0.25) is 9.97 Å². The number of H-pyrrole nitrogens is 1. The summed E-state index contributed by atoms with van der Waals surface area (Å²) in [6, 6.07) is 0.536. The maximum absolute atomic E-state index is 4.40. The lowest BCUT2D eigenvalue weighted by molar-refractivity contribution is 0.567. The van der Waals surface area contributed by atoms with Gasteiger partial charge in [0.15, 0.2) is 0 Å². The van der Waals surface area contributed by atoms with E-state index in [4.69, 9.17) is 0 Å². The minimum Gasteiger partial charge on any atom is -0.341 e. The zero-order valence-electron chi connectivity index (χ0n) is 11.8. The van der Waals surface area contributed by atoms with E-state index in [1.54, 1.807) is 12.4 Å². The molecule has 5 heteroatoms. The van der Waals surface area contributed by atoms with E-state index in [-0.39, 0.29) is 0 Å². The maximum Gasteiger partial charge on any atom is 0.109 e. The van der Waals surface area contributed by atoms with Crippen LogP contribution in [-0.2, 0) is 6.42 Å². The van der Waals surface area contributed by atoms with E-state index in [9.17, 15) is 0 Å². The summed E-state index contributed by atoms with van der Waals surface area (Å²) in [7, 11) is 0. The lowest BCUT2D eigenvalue weighted by atomic mass is 10.2. The first-order valence-corrected chi connectivity index (χ1v) is 6.72. The Labute approximate surface area is 113 Å². The summed E-state index contributed by atoms with van der Waals surface area (Å²) in [4.78, 5) is 16.3. The van der Waals surface area contributed by atoms with Crippen LogP contribution in [0.2, 0.25) is 0 Å². The van der Waals surface area contributed by atoms with Gasteiger partial charge in [0, 0.05) is 24.9 Å². The lowest BCUT2D eigenvalue weighted by Gasteiger charge is -2.06. The summed E-state index contributed by atoms with van der Waals surface area (Å²) in [6.45, 7) is 7.27. The van der Waals surface area contributed by atoms with Crippen LogP contribution in [0.5, 0.6) is 0 Å².